The minimum absolute atomic E-state index is 0.102. The molecule has 2 fully saturated rings. The van der Waals surface area contributed by atoms with Crippen molar-refractivity contribution in [3.8, 4) is 6.07 Å². The lowest BCUT2D eigenvalue weighted by Crippen LogP contribution is -2.46. The van der Waals surface area contributed by atoms with Gasteiger partial charge in [-0.15, -0.1) is 0 Å². The number of aromatic amines is 2. The van der Waals surface area contributed by atoms with Crippen LogP contribution in [0.4, 0.5) is 17.6 Å². The number of rotatable bonds is 6. The quantitative estimate of drug-likeness (QED) is 0.406. The zero-order chi connectivity index (χ0) is 23.1. The fraction of sp³-hybridized carbons (Fsp3) is 0.375. The number of nitrogens with one attached hydrogen (secondary N) is 3. The fourth-order valence-electron chi connectivity index (χ4n) is 4.79. The molecule has 4 aromatic rings. The maximum absolute atomic E-state index is 12.8. The number of benzene rings is 1. The molecule has 6 rings (SSSR count). The van der Waals surface area contributed by atoms with Crippen LogP contribution in [0.1, 0.15) is 37.3 Å². The minimum atomic E-state index is -0.725. The summed E-state index contributed by atoms with van der Waals surface area (Å²) in [6, 6.07) is 13.7. The zero-order valence-electron chi connectivity index (χ0n) is 18.7. The summed E-state index contributed by atoms with van der Waals surface area (Å²) < 4.78 is 1.56. The van der Waals surface area contributed by atoms with E-state index in [9.17, 15) is 10.1 Å². The van der Waals surface area contributed by atoms with Crippen molar-refractivity contribution in [2.24, 2.45) is 5.41 Å². The van der Waals surface area contributed by atoms with Crippen LogP contribution in [-0.4, -0.2) is 43.0 Å². The first-order chi connectivity index (χ1) is 16.6. The molecule has 1 aromatic carbocycles. The second kappa shape index (κ2) is 8.02. The minimum Gasteiger partial charge on any atom is -0.339 e. The first-order valence-corrected chi connectivity index (χ1v) is 11.6. The molecule has 0 bridgehead atoms. The Morgan fingerprint density at radius 2 is 2.12 bits per heavy atom. The van der Waals surface area contributed by atoms with Gasteiger partial charge in [0.1, 0.15) is 5.82 Å². The van der Waals surface area contributed by atoms with E-state index in [4.69, 9.17) is 0 Å². The van der Waals surface area contributed by atoms with E-state index in [1.165, 1.54) is 12.8 Å². The van der Waals surface area contributed by atoms with E-state index >= 15 is 0 Å². The van der Waals surface area contributed by atoms with E-state index in [-0.39, 0.29) is 5.56 Å². The van der Waals surface area contributed by atoms with Crippen LogP contribution in [-0.2, 0) is 6.54 Å². The molecular formula is C24H25N9O. The summed E-state index contributed by atoms with van der Waals surface area (Å²) in [6.45, 7) is 1.49. The van der Waals surface area contributed by atoms with Crippen molar-refractivity contribution in [1.29, 1.82) is 5.26 Å². The molecule has 1 aliphatic heterocycles. The molecule has 1 aliphatic carbocycles. The van der Waals surface area contributed by atoms with Crippen LogP contribution < -0.4 is 15.8 Å². The van der Waals surface area contributed by atoms with E-state index in [0.717, 1.165) is 30.0 Å². The Kier molecular flexibility index (Phi) is 4.83. The Hall–Kier alpha value is -4.13. The molecular weight excluding hydrogens is 430 g/mol. The highest BCUT2D eigenvalue weighted by molar-refractivity contribution is 5.77. The number of aromatic nitrogens is 6. The molecule has 1 unspecified atom stereocenters. The first-order valence-electron chi connectivity index (χ1n) is 11.6. The van der Waals surface area contributed by atoms with Gasteiger partial charge in [-0.2, -0.15) is 15.3 Å². The van der Waals surface area contributed by atoms with Gasteiger partial charge in [0.15, 0.2) is 5.82 Å². The lowest BCUT2D eigenvalue weighted by atomic mass is 9.81. The molecule has 1 atom stereocenters. The topological polar surface area (TPSA) is 131 Å². The highest BCUT2D eigenvalue weighted by Crippen LogP contribution is 2.39. The standard InChI is InChI=1S/C24H25N9O/c25-13-24(15-33-22(34)17-4-1-2-5-18(17)31-33)9-3-11-32(14-24)23-26-10-8-20(28-23)27-21-12-19(29-30-21)16-6-7-16/h1-2,4-5,8,10,12,16,31H,3,6-7,9,11,14-15H2,(H2,26,27,28,29,30). The monoisotopic (exact) mass is 455 g/mol. The van der Waals surface area contributed by atoms with E-state index in [0.29, 0.717) is 42.6 Å². The van der Waals surface area contributed by atoms with Crippen LogP contribution in [0.15, 0.2) is 47.4 Å². The maximum atomic E-state index is 12.8. The number of hydrogen-bond donors (Lipinski definition) is 3. The summed E-state index contributed by atoms with van der Waals surface area (Å²) in [5.41, 5.74) is 1.10. The number of piperidine rings is 1. The van der Waals surface area contributed by atoms with Crippen LogP contribution in [0, 0.1) is 16.7 Å². The molecule has 34 heavy (non-hydrogen) atoms. The van der Waals surface area contributed by atoms with Gasteiger partial charge >= 0.3 is 0 Å². The van der Waals surface area contributed by atoms with Gasteiger partial charge in [-0.05, 0) is 43.9 Å². The van der Waals surface area contributed by atoms with Crippen LogP contribution in [0.25, 0.3) is 10.9 Å². The second-order valence-electron chi connectivity index (χ2n) is 9.32. The average Bonchev–Trinajstić information content (AvgIpc) is 3.54. The smallest absolute Gasteiger partial charge is 0.274 e. The van der Waals surface area contributed by atoms with Crippen molar-refractivity contribution in [1.82, 2.24) is 29.9 Å². The molecule has 4 heterocycles. The number of para-hydroxylation sites is 1. The van der Waals surface area contributed by atoms with Gasteiger partial charge in [-0.1, -0.05) is 12.1 Å². The number of nitrogens with zero attached hydrogens (tertiary/aromatic N) is 6. The predicted octanol–water partition coefficient (Wildman–Crippen LogP) is 3.27. The van der Waals surface area contributed by atoms with E-state index in [1.807, 2.05) is 29.2 Å². The molecule has 0 amide bonds. The zero-order valence-corrected chi connectivity index (χ0v) is 18.7. The summed E-state index contributed by atoms with van der Waals surface area (Å²) in [4.78, 5) is 24.0. The number of fused-ring (bicyclic) bond motifs is 1. The molecule has 1 saturated carbocycles. The predicted molar refractivity (Wildman–Crippen MR) is 128 cm³/mol. The van der Waals surface area contributed by atoms with Gasteiger partial charge < -0.3 is 10.2 Å². The Morgan fingerprint density at radius 3 is 2.94 bits per heavy atom. The van der Waals surface area contributed by atoms with Crippen molar-refractivity contribution >= 4 is 28.5 Å². The SMILES string of the molecule is N#CC1(Cn2[nH]c3ccccc3c2=O)CCCN(c2nccc(Nc3cc(C4CC4)[nH]n3)n2)C1. The molecule has 2 aliphatic rings. The average molecular weight is 456 g/mol. The number of nitriles is 1. The molecule has 172 valence electrons. The molecule has 0 spiro atoms. The van der Waals surface area contributed by atoms with Gasteiger partial charge in [-0.3, -0.25) is 19.7 Å². The fourth-order valence-corrected chi connectivity index (χ4v) is 4.79. The van der Waals surface area contributed by atoms with E-state index < -0.39 is 5.41 Å². The van der Waals surface area contributed by atoms with E-state index in [2.05, 4.69) is 36.7 Å². The summed E-state index contributed by atoms with van der Waals surface area (Å²) in [5.74, 6) is 2.54. The Bertz CT molecular complexity index is 1440. The summed E-state index contributed by atoms with van der Waals surface area (Å²) in [5, 5.41) is 24.6. The highest BCUT2D eigenvalue weighted by Gasteiger charge is 2.38. The molecule has 1 saturated heterocycles. The molecule has 0 radical (unpaired) electrons. The first kappa shape index (κ1) is 20.5. The number of hydrogen-bond acceptors (Lipinski definition) is 7. The second-order valence-corrected chi connectivity index (χ2v) is 9.32. The highest BCUT2D eigenvalue weighted by atomic mass is 16.1. The summed E-state index contributed by atoms with van der Waals surface area (Å²) in [6.07, 6.45) is 5.65. The van der Waals surface area contributed by atoms with Crippen molar-refractivity contribution in [3.63, 3.8) is 0 Å². The molecule has 10 heteroatoms. The Labute approximate surface area is 195 Å². The van der Waals surface area contributed by atoms with Gasteiger partial charge in [0, 0.05) is 37.0 Å². The number of H-pyrrole nitrogens is 2. The third-order valence-electron chi connectivity index (χ3n) is 6.73. The molecule has 3 aromatic heterocycles. The van der Waals surface area contributed by atoms with Gasteiger partial charge in [0.2, 0.25) is 5.95 Å². The summed E-state index contributed by atoms with van der Waals surface area (Å²) in [7, 11) is 0. The Morgan fingerprint density at radius 1 is 1.24 bits per heavy atom. The van der Waals surface area contributed by atoms with Gasteiger partial charge in [0.05, 0.1) is 28.9 Å². The number of anilines is 3. The summed E-state index contributed by atoms with van der Waals surface area (Å²) >= 11 is 0. The third kappa shape index (κ3) is 3.79. The van der Waals surface area contributed by atoms with Crippen LogP contribution >= 0.6 is 0 Å². The largest absolute Gasteiger partial charge is 0.339 e. The van der Waals surface area contributed by atoms with Crippen LogP contribution in [0.5, 0.6) is 0 Å². The lowest BCUT2D eigenvalue weighted by molar-refractivity contribution is 0.259. The van der Waals surface area contributed by atoms with Crippen molar-refractivity contribution in [3.05, 3.63) is 58.6 Å². The van der Waals surface area contributed by atoms with Crippen molar-refractivity contribution in [2.45, 2.75) is 38.1 Å². The third-order valence-corrected chi connectivity index (χ3v) is 6.73. The van der Waals surface area contributed by atoms with Gasteiger partial charge in [0.25, 0.3) is 5.56 Å². The van der Waals surface area contributed by atoms with E-state index in [1.54, 1.807) is 23.0 Å². The lowest BCUT2D eigenvalue weighted by Gasteiger charge is -2.38. The molecule has 10 nitrogen and oxygen atoms in total. The van der Waals surface area contributed by atoms with Crippen LogP contribution in [0.2, 0.25) is 0 Å². The van der Waals surface area contributed by atoms with Gasteiger partial charge in [-0.25, -0.2) is 4.98 Å². The van der Waals surface area contributed by atoms with Crippen LogP contribution in [0.3, 0.4) is 0 Å². The van der Waals surface area contributed by atoms with Crippen molar-refractivity contribution in [2.75, 3.05) is 23.3 Å². The molecule has 3 N–H and O–H groups in total. The van der Waals surface area contributed by atoms with Crippen molar-refractivity contribution < 1.29 is 0 Å². The Balaban J connectivity index is 1.22. The normalized spacial score (nSPS) is 20.4. The maximum Gasteiger partial charge on any atom is 0.274 e.